The maximum Gasteiger partial charge on any atom is 0.330 e. The maximum atomic E-state index is 11.7. The second-order valence-electron chi connectivity index (χ2n) is 5.44. The molecule has 1 amide bonds. The van der Waals surface area contributed by atoms with Crippen LogP contribution in [0.15, 0.2) is 42.5 Å². The van der Waals surface area contributed by atoms with Crippen molar-refractivity contribution in [3.8, 4) is 11.8 Å². The molecular formula is C18H17N3O4. The van der Waals surface area contributed by atoms with Crippen LogP contribution in [0.3, 0.4) is 0 Å². The normalized spacial score (nSPS) is 11.2. The van der Waals surface area contributed by atoms with Gasteiger partial charge >= 0.3 is 5.97 Å². The minimum atomic E-state index is -1.07. The summed E-state index contributed by atoms with van der Waals surface area (Å²) in [5.74, 6) is -1.33. The number of aliphatic carboxylic acids is 1. The molecule has 0 bridgehead atoms. The number of aryl methyl sites for hydroxylation is 1. The Morgan fingerprint density at radius 3 is 2.52 bits per heavy atom. The largest absolute Gasteiger partial charge is 0.484 e. The van der Waals surface area contributed by atoms with Crippen molar-refractivity contribution in [3.05, 3.63) is 59.2 Å². The first-order valence-corrected chi connectivity index (χ1v) is 7.41. The van der Waals surface area contributed by atoms with Gasteiger partial charge < -0.3 is 20.9 Å². The molecule has 128 valence electrons. The number of carboxylic acids is 1. The Labute approximate surface area is 144 Å². The lowest BCUT2D eigenvalue weighted by atomic mass is 10.0. The van der Waals surface area contributed by atoms with Crippen molar-refractivity contribution in [2.45, 2.75) is 13.0 Å². The Bertz CT molecular complexity index is 825. The van der Waals surface area contributed by atoms with E-state index in [0.717, 1.165) is 5.56 Å². The van der Waals surface area contributed by atoms with Crippen LogP contribution in [0.5, 0.6) is 5.75 Å². The number of nitrogens with zero attached hydrogens (tertiary/aromatic N) is 1. The summed E-state index contributed by atoms with van der Waals surface area (Å²) in [6, 6.07) is 12.4. The minimum absolute atomic E-state index is 0.288. The highest BCUT2D eigenvalue weighted by molar-refractivity contribution is 5.79. The fraction of sp³-hybridized carbons (Fsp3) is 0.167. The number of hydrogen-bond acceptors (Lipinski definition) is 5. The molecule has 0 aliphatic carbocycles. The van der Waals surface area contributed by atoms with Crippen molar-refractivity contribution in [2.24, 2.45) is 5.73 Å². The van der Waals surface area contributed by atoms with Gasteiger partial charge in [-0.15, -0.1) is 0 Å². The fourth-order valence-corrected chi connectivity index (χ4v) is 2.28. The number of amides is 1. The number of carbonyl (C=O) groups excluding carboxylic acids is 1. The molecule has 2 aromatic carbocycles. The first-order valence-electron chi connectivity index (χ1n) is 7.41. The predicted octanol–water partition coefficient (Wildman–Crippen LogP) is 1.97. The lowest BCUT2D eigenvalue weighted by molar-refractivity contribution is -0.138. The van der Waals surface area contributed by atoms with E-state index in [-0.39, 0.29) is 6.61 Å². The lowest BCUT2D eigenvalue weighted by Gasteiger charge is -2.18. The number of ether oxygens (including phenoxy) is 1. The van der Waals surface area contributed by atoms with Crippen LogP contribution < -0.4 is 15.8 Å². The van der Waals surface area contributed by atoms with Crippen molar-refractivity contribution in [1.29, 1.82) is 5.26 Å². The van der Waals surface area contributed by atoms with Crippen LogP contribution in [0.2, 0.25) is 0 Å². The quantitative estimate of drug-likeness (QED) is 0.708. The summed E-state index contributed by atoms with van der Waals surface area (Å²) in [6.45, 7) is 1.50. The number of nitriles is 1. The Hall–Kier alpha value is -3.53. The van der Waals surface area contributed by atoms with E-state index in [1.165, 1.54) is 0 Å². The summed E-state index contributed by atoms with van der Waals surface area (Å²) in [5.41, 5.74) is 7.35. The van der Waals surface area contributed by atoms with Crippen molar-refractivity contribution in [2.75, 3.05) is 11.9 Å². The Balaban J connectivity index is 2.28. The zero-order chi connectivity index (χ0) is 18.4. The van der Waals surface area contributed by atoms with E-state index < -0.39 is 17.9 Å². The third-order valence-electron chi connectivity index (χ3n) is 3.36. The maximum absolute atomic E-state index is 11.7. The van der Waals surface area contributed by atoms with E-state index >= 15 is 0 Å². The van der Waals surface area contributed by atoms with E-state index in [1.807, 2.05) is 6.07 Å². The molecule has 2 aromatic rings. The molecule has 0 radical (unpaired) electrons. The van der Waals surface area contributed by atoms with Gasteiger partial charge in [0.05, 0.1) is 11.6 Å². The van der Waals surface area contributed by atoms with E-state index in [4.69, 9.17) is 15.7 Å². The number of nitrogens with one attached hydrogen (secondary N) is 1. The molecule has 25 heavy (non-hydrogen) atoms. The average molecular weight is 339 g/mol. The Morgan fingerprint density at radius 2 is 1.96 bits per heavy atom. The first kappa shape index (κ1) is 17.8. The number of anilines is 1. The summed E-state index contributed by atoms with van der Waals surface area (Å²) in [4.78, 5) is 22.5. The van der Waals surface area contributed by atoms with E-state index in [1.54, 1.807) is 49.4 Å². The molecule has 7 heteroatoms. The van der Waals surface area contributed by atoms with Crippen LogP contribution in [0, 0.1) is 18.3 Å². The summed E-state index contributed by atoms with van der Waals surface area (Å²) in [5, 5.41) is 21.3. The number of primary amides is 1. The summed E-state index contributed by atoms with van der Waals surface area (Å²) < 4.78 is 5.27. The lowest BCUT2D eigenvalue weighted by Crippen LogP contribution is -2.22. The summed E-state index contributed by atoms with van der Waals surface area (Å²) in [7, 11) is 0. The van der Waals surface area contributed by atoms with Crippen LogP contribution in [-0.2, 0) is 9.59 Å². The molecule has 0 aliphatic rings. The van der Waals surface area contributed by atoms with Crippen LogP contribution >= 0.6 is 0 Å². The minimum Gasteiger partial charge on any atom is -0.484 e. The molecule has 7 nitrogen and oxygen atoms in total. The zero-order valence-electron chi connectivity index (χ0n) is 13.5. The first-order chi connectivity index (χ1) is 11.9. The fourth-order valence-electron chi connectivity index (χ4n) is 2.28. The van der Waals surface area contributed by atoms with Crippen molar-refractivity contribution < 1.29 is 19.4 Å². The molecule has 0 spiro atoms. The van der Waals surface area contributed by atoms with Crippen LogP contribution in [0.1, 0.15) is 22.7 Å². The molecule has 1 unspecified atom stereocenters. The summed E-state index contributed by atoms with van der Waals surface area (Å²) in [6.07, 6.45) is 0. The third-order valence-corrected chi connectivity index (χ3v) is 3.36. The topological polar surface area (TPSA) is 125 Å². The zero-order valence-corrected chi connectivity index (χ0v) is 13.5. The molecule has 4 N–H and O–H groups in total. The SMILES string of the molecule is Cc1cc(OCC(N)=O)cc(C(Nc2ccc(C#N)cc2)C(=O)O)c1. The number of rotatable bonds is 7. The summed E-state index contributed by atoms with van der Waals surface area (Å²) >= 11 is 0. The van der Waals surface area contributed by atoms with E-state index in [9.17, 15) is 14.7 Å². The van der Waals surface area contributed by atoms with Gasteiger partial charge in [0.15, 0.2) is 12.6 Å². The number of nitrogens with two attached hydrogens (primary N) is 1. The Morgan fingerprint density at radius 1 is 1.28 bits per heavy atom. The van der Waals surface area contributed by atoms with Gasteiger partial charge in [0.25, 0.3) is 5.91 Å². The van der Waals surface area contributed by atoms with Crippen LogP contribution in [0.4, 0.5) is 5.69 Å². The van der Waals surface area contributed by atoms with Gasteiger partial charge in [-0.3, -0.25) is 4.79 Å². The van der Waals surface area contributed by atoms with Crippen LogP contribution in [0.25, 0.3) is 0 Å². The highest BCUT2D eigenvalue weighted by atomic mass is 16.5. The van der Waals surface area contributed by atoms with Crippen molar-refractivity contribution in [3.63, 3.8) is 0 Å². The highest BCUT2D eigenvalue weighted by Gasteiger charge is 2.21. The molecular weight excluding hydrogens is 322 g/mol. The van der Waals surface area contributed by atoms with Crippen LogP contribution in [-0.4, -0.2) is 23.6 Å². The molecule has 2 rings (SSSR count). The number of carbonyl (C=O) groups is 2. The van der Waals surface area contributed by atoms with Gasteiger partial charge in [-0.25, -0.2) is 4.79 Å². The second-order valence-corrected chi connectivity index (χ2v) is 5.44. The molecule has 0 saturated carbocycles. The monoisotopic (exact) mass is 339 g/mol. The smallest absolute Gasteiger partial charge is 0.330 e. The van der Waals surface area contributed by atoms with E-state index in [2.05, 4.69) is 5.32 Å². The average Bonchev–Trinajstić information content (AvgIpc) is 2.57. The number of carboxylic acid groups (broad SMARTS) is 1. The molecule has 0 fully saturated rings. The standard InChI is InChI=1S/C18H17N3O4/c1-11-6-13(8-15(7-11)25-10-16(20)22)17(18(23)24)21-14-4-2-12(9-19)3-5-14/h2-8,17,21H,10H2,1H3,(H2,20,22)(H,23,24). The molecule has 1 atom stereocenters. The van der Waals surface area contributed by atoms with Gasteiger partial charge in [0, 0.05) is 5.69 Å². The number of benzene rings is 2. The molecule has 0 saturated heterocycles. The molecule has 0 aliphatic heterocycles. The predicted molar refractivity (Wildman–Crippen MR) is 91.0 cm³/mol. The van der Waals surface area contributed by atoms with Gasteiger partial charge in [0.2, 0.25) is 0 Å². The van der Waals surface area contributed by atoms with Gasteiger partial charge in [-0.05, 0) is 54.4 Å². The van der Waals surface area contributed by atoms with Gasteiger partial charge in [-0.1, -0.05) is 6.07 Å². The molecule has 0 aromatic heterocycles. The van der Waals surface area contributed by atoms with E-state index in [0.29, 0.717) is 22.6 Å². The van der Waals surface area contributed by atoms with Crippen molar-refractivity contribution >= 4 is 17.6 Å². The molecule has 0 heterocycles. The highest BCUT2D eigenvalue weighted by Crippen LogP contribution is 2.25. The second kappa shape index (κ2) is 7.84. The van der Waals surface area contributed by atoms with Gasteiger partial charge in [-0.2, -0.15) is 5.26 Å². The number of hydrogen-bond donors (Lipinski definition) is 3. The van der Waals surface area contributed by atoms with Gasteiger partial charge in [0.1, 0.15) is 5.75 Å². The van der Waals surface area contributed by atoms with Crippen molar-refractivity contribution in [1.82, 2.24) is 0 Å². The third kappa shape index (κ3) is 4.97. The Kier molecular flexibility index (Phi) is 5.58.